The smallest absolute Gasteiger partial charge is 0.271 e. The zero-order chi connectivity index (χ0) is 29.7. The first kappa shape index (κ1) is 32.9. The molecule has 0 aliphatic carbocycles. The van der Waals surface area contributed by atoms with E-state index in [1.54, 1.807) is 38.1 Å². The van der Waals surface area contributed by atoms with Gasteiger partial charge >= 0.3 is 0 Å². The minimum absolute atomic E-state index is 0.0328. The van der Waals surface area contributed by atoms with E-state index >= 15 is 0 Å². The Hall–Kier alpha value is -3.34. The minimum Gasteiger partial charge on any atom is -0.338 e. The number of benzene rings is 1. The van der Waals surface area contributed by atoms with Crippen LogP contribution in [0.1, 0.15) is 103 Å². The van der Waals surface area contributed by atoms with Crippen molar-refractivity contribution in [2.45, 2.75) is 99.0 Å². The number of amides is 3. The lowest BCUT2D eigenvalue weighted by Crippen LogP contribution is -2.47. The third-order valence-corrected chi connectivity index (χ3v) is 7.93. The number of likely N-dealkylation sites (N-methyl/N-ethyl adjacent to an activating group) is 1. The summed E-state index contributed by atoms with van der Waals surface area (Å²) in [4.78, 5) is 42.0. The summed E-state index contributed by atoms with van der Waals surface area (Å²) in [6, 6.07) is 7.84. The molecule has 3 amide bonds. The first-order valence-electron chi connectivity index (χ1n) is 15.0. The van der Waals surface area contributed by atoms with Gasteiger partial charge in [-0.15, -0.1) is 0 Å². The van der Waals surface area contributed by atoms with Crippen LogP contribution in [-0.4, -0.2) is 53.2 Å². The lowest BCUT2D eigenvalue weighted by molar-refractivity contribution is -0.143. The van der Waals surface area contributed by atoms with Gasteiger partial charge in [-0.05, 0) is 68.4 Å². The predicted molar refractivity (Wildman–Crippen MR) is 158 cm³/mol. The largest absolute Gasteiger partial charge is 0.338 e. The molecule has 1 aromatic carbocycles. The molecular weight excluding hydrogens is 502 g/mol. The summed E-state index contributed by atoms with van der Waals surface area (Å²) in [5.41, 5.74) is 1.33. The molecule has 218 valence electrons. The van der Waals surface area contributed by atoms with Gasteiger partial charge in [-0.3, -0.25) is 19.3 Å². The van der Waals surface area contributed by atoms with Crippen LogP contribution >= 0.6 is 0 Å². The maximum Gasteiger partial charge on any atom is 0.271 e. The second-order valence-corrected chi connectivity index (χ2v) is 10.8. The van der Waals surface area contributed by atoms with Gasteiger partial charge in [0.1, 0.15) is 11.6 Å². The fraction of sp³-hybridized carbons (Fsp3) is 0.625. The highest BCUT2D eigenvalue weighted by Gasteiger charge is 2.38. The zero-order valence-corrected chi connectivity index (χ0v) is 25.3. The van der Waals surface area contributed by atoms with Gasteiger partial charge < -0.3 is 4.90 Å². The Morgan fingerprint density at radius 2 is 1.52 bits per heavy atom. The van der Waals surface area contributed by atoms with E-state index in [4.69, 9.17) is 0 Å². The number of unbranched alkanes of at least 4 members (excludes halogenated alkanes) is 2. The van der Waals surface area contributed by atoms with Crippen molar-refractivity contribution in [2.75, 3.05) is 19.6 Å². The molecule has 3 unspecified atom stereocenters. The number of hydrogen-bond acceptors (Lipinski definition) is 6. The Balaban J connectivity index is 2.26. The van der Waals surface area contributed by atoms with Crippen LogP contribution < -0.4 is 0 Å². The number of azo groups is 1. The van der Waals surface area contributed by atoms with Crippen molar-refractivity contribution in [1.82, 2.24) is 9.80 Å². The first-order chi connectivity index (χ1) is 19.3. The van der Waals surface area contributed by atoms with E-state index in [0.29, 0.717) is 28.7 Å². The van der Waals surface area contributed by atoms with Gasteiger partial charge in [0, 0.05) is 25.2 Å². The Morgan fingerprint density at radius 1 is 0.975 bits per heavy atom. The van der Waals surface area contributed by atoms with Crippen LogP contribution in [0.2, 0.25) is 0 Å². The molecule has 0 bridgehead atoms. The summed E-state index contributed by atoms with van der Waals surface area (Å²) in [7, 11) is 0. The molecule has 0 N–H and O–H groups in total. The van der Waals surface area contributed by atoms with E-state index in [1.165, 1.54) is 12.8 Å². The molecule has 0 radical (unpaired) electrons. The second kappa shape index (κ2) is 16.7. The average molecular weight is 550 g/mol. The van der Waals surface area contributed by atoms with Crippen molar-refractivity contribution >= 4 is 23.4 Å². The third-order valence-electron chi connectivity index (χ3n) is 7.93. The molecule has 0 spiro atoms. The lowest BCUT2D eigenvalue weighted by atomic mass is 9.95. The third kappa shape index (κ3) is 8.58. The number of carbonyl (C=O) groups is 3. The van der Waals surface area contributed by atoms with E-state index in [9.17, 15) is 19.6 Å². The normalized spacial score (nSPS) is 17.3. The molecular formula is C32H47N5O3. The molecule has 8 nitrogen and oxygen atoms in total. The van der Waals surface area contributed by atoms with Gasteiger partial charge in [-0.1, -0.05) is 66.2 Å². The van der Waals surface area contributed by atoms with E-state index in [-0.39, 0.29) is 18.0 Å². The van der Waals surface area contributed by atoms with Gasteiger partial charge in [0.15, 0.2) is 6.04 Å². The SMILES string of the molecule is CCCCC(CC)CN(CC(CC)CCCC)C(=O)c1ccc(/N=N/C2C(=O)N(CC)C(=O)C(C#N)=C2C)cc1. The molecule has 0 saturated carbocycles. The number of rotatable bonds is 16. The van der Waals surface area contributed by atoms with Crippen LogP contribution in [0, 0.1) is 23.2 Å². The van der Waals surface area contributed by atoms with Crippen LogP contribution in [0.25, 0.3) is 0 Å². The maximum atomic E-state index is 13.7. The Labute approximate surface area is 240 Å². The van der Waals surface area contributed by atoms with Gasteiger partial charge in [0.25, 0.3) is 17.7 Å². The molecule has 1 aliphatic rings. The second-order valence-electron chi connectivity index (χ2n) is 10.8. The predicted octanol–water partition coefficient (Wildman–Crippen LogP) is 7.24. The highest BCUT2D eigenvalue weighted by Crippen LogP contribution is 2.26. The standard InChI is InChI=1S/C32H47N5O3/c1-7-12-14-24(9-3)21-36(22-25(10-4)15-13-8-2)30(38)26-16-18-27(19-17-26)34-35-29-23(6)28(20-33)31(39)37(11-5)32(29)40/h16-19,24-25,29H,7-15,21-22H2,1-6H3/b35-34+. The van der Waals surface area contributed by atoms with Crippen LogP contribution in [0.15, 0.2) is 45.6 Å². The number of hydrogen-bond donors (Lipinski definition) is 0. The Kier molecular flexibility index (Phi) is 13.7. The topological polar surface area (TPSA) is 106 Å². The molecule has 1 heterocycles. The quantitative estimate of drug-likeness (QED) is 0.160. The monoisotopic (exact) mass is 549 g/mol. The summed E-state index contributed by atoms with van der Waals surface area (Å²) in [6.45, 7) is 13.8. The van der Waals surface area contributed by atoms with Crippen LogP contribution in [0.5, 0.6) is 0 Å². The fourth-order valence-corrected chi connectivity index (χ4v) is 5.12. The van der Waals surface area contributed by atoms with Crippen molar-refractivity contribution < 1.29 is 14.4 Å². The van der Waals surface area contributed by atoms with Gasteiger partial charge in [-0.2, -0.15) is 15.5 Å². The molecule has 1 aromatic rings. The molecule has 3 atom stereocenters. The Morgan fingerprint density at radius 3 is 1.98 bits per heavy atom. The summed E-state index contributed by atoms with van der Waals surface area (Å²) in [6.07, 6.45) is 9.02. The number of imide groups is 1. The molecule has 1 aliphatic heterocycles. The number of nitrogens with zero attached hydrogens (tertiary/aromatic N) is 5. The average Bonchev–Trinajstić information content (AvgIpc) is 2.96. The molecule has 0 aromatic heterocycles. The van der Waals surface area contributed by atoms with Gasteiger partial charge in [0.2, 0.25) is 0 Å². The van der Waals surface area contributed by atoms with Crippen molar-refractivity contribution in [2.24, 2.45) is 22.1 Å². The lowest BCUT2D eigenvalue weighted by Gasteiger charge is -2.31. The van der Waals surface area contributed by atoms with Gasteiger partial charge in [-0.25, -0.2) is 0 Å². The molecule has 8 heteroatoms. The van der Waals surface area contributed by atoms with Crippen molar-refractivity contribution in [3.05, 3.63) is 41.0 Å². The Bertz CT molecular complexity index is 1080. The van der Waals surface area contributed by atoms with Gasteiger partial charge in [0.05, 0.1) is 5.69 Å². The molecule has 40 heavy (non-hydrogen) atoms. The molecule has 0 fully saturated rings. The fourth-order valence-electron chi connectivity index (χ4n) is 5.12. The van der Waals surface area contributed by atoms with Crippen LogP contribution in [0.3, 0.4) is 0 Å². The summed E-state index contributed by atoms with van der Waals surface area (Å²) in [5, 5.41) is 17.8. The molecule has 2 rings (SSSR count). The zero-order valence-electron chi connectivity index (χ0n) is 25.3. The summed E-state index contributed by atoms with van der Waals surface area (Å²) >= 11 is 0. The molecule has 0 saturated heterocycles. The van der Waals surface area contributed by atoms with Crippen molar-refractivity contribution in [3.63, 3.8) is 0 Å². The van der Waals surface area contributed by atoms with E-state index in [1.807, 2.05) is 6.07 Å². The summed E-state index contributed by atoms with van der Waals surface area (Å²) in [5.74, 6) is -0.0789. The highest BCUT2D eigenvalue weighted by atomic mass is 16.2. The van der Waals surface area contributed by atoms with Crippen molar-refractivity contribution in [1.29, 1.82) is 5.26 Å². The van der Waals surface area contributed by atoms with E-state index in [2.05, 4.69) is 42.8 Å². The van der Waals surface area contributed by atoms with E-state index < -0.39 is 17.9 Å². The highest BCUT2D eigenvalue weighted by molar-refractivity contribution is 6.12. The van der Waals surface area contributed by atoms with Crippen LogP contribution in [-0.2, 0) is 9.59 Å². The van der Waals surface area contributed by atoms with Crippen molar-refractivity contribution in [3.8, 4) is 6.07 Å². The first-order valence-corrected chi connectivity index (χ1v) is 15.0. The number of carbonyl (C=O) groups excluding carboxylic acids is 3. The van der Waals surface area contributed by atoms with Crippen LogP contribution in [0.4, 0.5) is 5.69 Å². The van der Waals surface area contributed by atoms with E-state index in [0.717, 1.165) is 56.5 Å². The summed E-state index contributed by atoms with van der Waals surface area (Å²) < 4.78 is 0. The minimum atomic E-state index is -1.02. The number of nitriles is 1. The maximum absolute atomic E-state index is 13.7.